The summed E-state index contributed by atoms with van der Waals surface area (Å²) >= 11 is -2.03. The fraction of sp³-hybridized carbons (Fsp3) is 0. The molecule has 0 aromatic carbocycles. The van der Waals surface area contributed by atoms with E-state index in [0.717, 1.165) is 12.5 Å². The number of rotatable bonds is 0. The standard InChI is InChI=1S/2CHNO.6CN.K.Mo.2O.H/c2*2-1-3;6*1-2;;;;;/h2*3H;;;;;;;;;;;/q;;6*-1;+1;;;;-1. The second-order valence-corrected chi connectivity index (χ2v) is 0.603. The fourth-order valence-corrected chi connectivity index (χ4v) is 0. The van der Waals surface area contributed by atoms with Crippen LogP contribution in [0, 0.1) is 94.0 Å². The summed E-state index contributed by atoms with van der Waals surface area (Å²) in [6.07, 6.45) is 1.50. The molecule has 22 heavy (non-hydrogen) atoms. The minimum absolute atomic E-state index is 0. The van der Waals surface area contributed by atoms with E-state index in [9.17, 15) is 0 Å². The van der Waals surface area contributed by atoms with Gasteiger partial charge in [0.1, 0.15) is 0 Å². The monoisotopic (exact) mass is 412 g/mol. The molecule has 0 aromatic heterocycles. The molecule has 0 saturated heterocycles. The summed E-state index contributed by atoms with van der Waals surface area (Å²) in [6.45, 7) is 28.5. The molecule has 0 unspecified atom stereocenters. The Kier molecular flexibility index (Phi) is 95700. The van der Waals surface area contributed by atoms with E-state index in [1.165, 1.54) is 0 Å². The summed E-state index contributed by atoms with van der Waals surface area (Å²) in [6, 6.07) is 0. The number of nitriles is 2. The average Bonchev–Trinajstić information content (AvgIpc) is 2.60. The molecule has 0 fully saturated rings. The molecule has 0 atom stereocenters. The average molecular weight is 410 g/mol. The van der Waals surface area contributed by atoms with Crippen molar-refractivity contribution in [1.29, 1.82) is 42.1 Å². The Morgan fingerprint density at radius 1 is 0.636 bits per heavy atom. The van der Waals surface area contributed by atoms with E-state index < -0.39 is 18.5 Å². The van der Waals surface area contributed by atoms with Crippen LogP contribution in [0.5, 0.6) is 0 Å². The van der Waals surface area contributed by atoms with Crippen molar-refractivity contribution in [1.82, 2.24) is 0 Å². The summed E-state index contributed by atoms with van der Waals surface area (Å²) in [7, 11) is 0. The van der Waals surface area contributed by atoms with Crippen molar-refractivity contribution < 1.29 is 88.3 Å². The maximum absolute atomic E-state index is 8.50. The van der Waals surface area contributed by atoms with Gasteiger partial charge in [-0.3, -0.25) is 0 Å². The van der Waals surface area contributed by atoms with Crippen LogP contribution in [-0.4, -0.2) is 10.2 Å². The molecule has 0 heterocycles. The number of aliphatic hydroxyl groups is 2. The zero-order valence-corrected chi connectivity index (χ0v) is 15.8. The first kappa shape index (κ1) is 74.2. The van der Waals surface area contributed by atoms with Crippen molar-refractivity contribution in [3.63, 3.8) is 0 Å². The van der Waals surface area contributed by atoms with Gasteiger partial charge in [-0.2, -0.15) is 10.5 Å². The molecule has 12 nitrogen and oxygen atoms in total. The summed E-state index contributed by atoms with van der Waals surface area (Å²) < 4.78 is 17.0. The van der Waals surface area contributed by atoms with Gasteiger partial charge in [0.2, 0.25) is 0 Å². The van der Waals surface area contributed by atoms with Gasteiger partial charge in [0, 0.05) is 0 Å². The van der Waals surface area contributed by atoms with E-state index in [1.807, 2.05) is 0 Å². The Bertz CT molecular complexity index is 304. The van der Waals surface area contributed by atoms with Gasteiger partial charge in [0.15, 0.2) is 0 Å². The number of hydrogen-bond donors (Lipinski definition) is 2. The quantitative estimate of drug-likeness (QED) is 0.232. The fourth-order valence-electron chi connectivity index (χ4n) is 0. The van der Waals surface area contributed by atoms with Crippen LogP contribution in [0.25, 0.3) is 0 Å². The Hall–Kier alpha value is -2.56. The van der Waals surface area contributed by atoms with Crippen LogP contribution < -0.4 is 51.4 Å². The molecule has 0 rings (SSSR count). The third-order valence-electron chi connectivity index (χ3n) is 0. The molecule has 14 heteroatoms. The summed E-state index contributed by atoms with van der Waals surface area (Å²) in [5.41, 5.74) is 0. The van der Waals surface area contributed by atoms with E-state index in [-0.39, 0.29) is 52.8 Å². The van der Waals surface area contributed by atoms with Crippen molar-refractivity contribution in [3.8, 4) is 12.5 Å². The van der Waals surface area contributed by atoms with Gasteiger partial charge in [-0.05, 0) is 0 Å². The first-order chi connectivity index (χ1) is 10.2. The van der Waals surface area contributed by atoms with Crippen molar-refractivity contribution in [2.24, 2.45) is 0 Å². The first-order valence-electron chi connectivity index (χ1n) is 2.57. The van der Waals surface area contributed by atoms with Crippen LogP contribution in [0.3, 0.4) is 0 Å². The van der Waals surface area contributed by atoms with E-state index in [2.05, 4.69) is 0 Å². The number of aliphatic hydroxyl groups excluding tert-OH is 2. The van der Waals surface area contributed by atoms with E-state index >= 15 is 0 Å². The van der Waals surface area contributed by atoms with E-state index in [1.54, 1.807) is 0 Å². The number of hydrogen-bond acceptors (Lipinski definition) is 12. The molecule has 0 amide bonds. The minimum atomic E-state index is -2.03. The molecular formula is C8H3KMoN8O4-6. The van der Waals surface area contributed by atoms with Crippen LogP contribution in [0.2, 0.25) is 0 Å². The Morgan fingerprint density at radius 2 is 0.636 bits per heavy atom. The zero-order chi connectivity index (χ0) is 20.1. The maximum atomic E-state index is 8.50. The second kappa shape index (κ2) is 28400. The van der Waals surface area contributed by atoms with Crippen LogP contribution >= 0.6 is 0 Å². The molecule has 112 valence electrons. The van der Waals surface area contributed by atoms with Crippen molar-refractivity contribution >= 4 is 0 Å². The Balaban J connectivity index is -0.00000000781. The normalized spacial score (nSPS) is 1.73. The molecule has 0 radical (unpaired) electrons. The molecule has 0 spiro atoms. The van der Waals surface area contributed by atoms with Crippen LogP contribution in [-0.2, 0) is 25.3 Å². The SMILES string of the molecule is N#CO.N#CO.[C-]#N.[C-]#N.[C-]#N.[C-]#N.[C-]#N.[C-]#N.[H-].[K+].[O]=[Mo]=[O]. The van der Waals surface area contributed by atoms with Crippen LogP contribution in [0.1, 0.15) is 1.43 Å². The van der Waals surface area contributed by atoms with E-state index in [4.69, 9.17) is 98.5 Å². The van der Waals surface area contributed by atoms with Gasteiger partial charge in [-0.25, -0.2) is 0 Å². The molecule has 0 aliphatic heterocycles. The van der Waals surface area contributed by atoms with Gasteiger partial charge in [0.05, 0.1) is 0 Å². The molecule has 0 saturated carbocycles. The second-order valence-electron chi connectivity index (χ2n) is 0.268. The molecule has 2 N–H and O–H groups in total. The van der Waals surface area contributed by atoms with Gasteiger partial charge < -0.3 is 82.6 Å². The third-order valence-corrected chi connectivity index (χ3v) is 0. The van der Waals surface area contributed by atoms with Gasteiger partial charge >= 0.3 is 76.7 Å². The number of nitrogens with zero attached hydrogens (tertiary/aromatic N) is 8. The molecule has 0 bridgehead atoms. The van der Waals surface area contributed by atoms with Crippen LogP contribution in [0.15, 0.2) is 0 Å². The van der Waals surface area contributed by atoms with Gasteiger partial charge in [0.25, 0.3) is 12.5 Å². The van der Waals surface area contributed by atoms with E-state index in [0.29, 0.717) is 0 Å². The van der Waals surface area contributed by atoms with Crippen molar-refractivity contribution in [2.45, 2.75) is 0 Å². The first-order valence-corrected chi connectivity index (χ1v) is 4.21. The molecule has 0 aliphatic rings. The zero-order valence-electron chi connectivity index (χ0n) is 11.7. The third kappa shape index (κ3) is 722. The van der Waals surface area contributed by atoms with Crippen LogP contribution in [0.4, 0.5) is 0 Å². The Labute approximate surface area is 180 Å². The molecular weight excluding hydrogens is 407 g/mol. The van der Waals surface area contributed by atoms with Gasteiger partial charge in [-0.1, -0.05) is 0 Å². The molecule has 0 aromatic rings. The van der Waals surface area contributed by atoms with Gasteiger partial charge in [-0.15, -0.1) is 0 Å². The molecule has 0 aliphatic carbocycles. The topological polar surface area (TPSA) is 265 Å². The summed E-state index contributed by atoms with van der Waals surface area (Å²) in [5.74, 6) is 0. The predicted octanol–water partition coefficient (Wildman–Crippen LogP) is -2.87. The Morgan fingerprint density at radius 3 is 0.636 bits per heavy atom. The van der Waals surface area contributed by atoms with Crippen molar-refractivity contribution in [3.05, 3.63) is 39.4 Å². The summed E-state index contributed by atoms with van der Waals surface area (Å²) in [4.78, 5) is 0. The van der Waals surface area contributed by atoms with Crippen molar-refractivity contribution in [2.75, 3.05) is 0 Å². The summed E-state index contributed by atoms with van der Waals surface area (Å²) in [5, 5.41) is 65.0. The predicted molar refractivity (Wildman–Crippen MR) is 47.4 cm³/mol.